The molecule has 1 aliphatic rings. The van der Waals surface area contributed by atoms with Gasteiger partial charge in [0.05, 0.1) is 0 Å². The SMILES string of the molecule is Cc1cc(C)cc(C2CCN(C(=O)CCCCl)CC2)c1. The molecule has 0 bridgehead atoms. The lowest BCUT2D eigenvalue weighted by atomic mass is 9.87. The molecule has 0 aliphatic carbocycles. The summed E-state index contributed by atoms with van der Waals surface area (Å²) in [7, 11) is 0. The van der Waals surface area contributed by atoms with Crippen LogP contribution in [0.3, 0.4) is 0 Å². The molecule has 1 aliphatic heterocycles. The van der Waals surface area contributed by atoms with E-state index in [4.69, 9.17) is 11.6 Å². The number of likely N-dealkylation sites (tertiary alicyclic amines) is 1. The summed E-state index contributed by atoms with van der Waals surface area (Å²) in [4.78, 5) is 14.0. The third-order valence-electron chi connectivity index (χ3n) is 4.09. The zero-order valence-corrected chi connectivity index (χ0v) is 13.2. The minimum atomic E-state index is 0.268. The molecule has 2 nitrogen and oxygen atoms in total. The fourth-order valence-electron chi connectivity index (χ4n) is 3.08. The summed E-state index contributed by atoms with van der Waals surface area (Å²) >= 11 is 5.65. The van der Waals surface area contributed by atoms with Crippen LogP contribution in [-0.4, -0.2) is 29.8 Å². The average molecular weight is 294 g/mol. The second kappa shape index (κ2) is 7.12. The topological polar surface area (TPSA) is 20.3 Å². The van der Waals surface area contributed by atoms with Crippen LogP contribution < -0.4 is 0 Å². The number of hydrogen-bond donors (Lipinski definition) is 0. The van der Waals surface area contributed by atoms with Gasteiger partial charge < -0.3 is 4.90 Å². The summed E-state index contributed by atoms with van der Waals surface area (Å²) in [6.45, 7) is 6.08. The van der Waals surface area contributed by atoms with Crippen molar-refractivity contribution in [1.82, 2.24) is 4.90 Å². The van der Waals surface area contributed by atoms with E-state index in [0.717, 1.165) is 32.4 Å². The van der Waals surface area contributed by atoms with Crippen molar-refractivity contribution in [1.29, 1.82) is 0 Å². The number of rotatable bonds is 4. The first-order valence-corrected chi connectivity index (χ1v) is 8.05. The van der Waals surface area contributed by atoms with E-state index < -0.39 is 0 Å². The fourth-order valence-corrected chi connectivity index (χ4v) is 3.22. The summed E-state index contributed by atoms with van der Waals surface area (Å²) in [5.74, 6) is 1.44. The zero-order valence-electron chi connectivity index (χ0n) is 12.5. The molecule has 0 atom stereocenters. The lowest BCUT2D eigenvalue weighted by Crippen LogP contribution is -2.37. The van der Waals surface area contributed by atoms with Crippen LogP contribution >= 0.6 is 11.6 Å². The van der Waals surface area contributed by atoms with Gasteiger partial charge in [-0.15, -0.1) is 11.6 Å². The number of hydrogen-bond acceptors (Lipinski definition) is 1. The standard InChI is InChI=1S/C17H24ClNO/c1-13-10-14(2)12-16(11-13)15-5-8-19(9-6-15)17(20)4-3-7-18/h10-12,15H,3-9H2,1-2H3. The maximum atomic E-state index is 12.0. The number of alkyl halides is 1. The highest BCUT2D eigenvalue weighted by atomic mass is 35.5. The number of carbonyl (C=O) groups is 1. The molecular weight excluding hydrogens is 270 g/mol. The predicted molar refractivity (Wildman–Crippen MR) is 84.4 cm³/mol. The van der Waals surface area contributed by atoms with Gasteiger partial charge >= 0.3 is 0 Å². The molecule has 1 fully saturated rings. The maximum Gasteiger partial charge on any atom is 0.222 e. The van der Waals surface area contributed by atoms with E-state index >= 15 is 0 Å². The van der Waals surface area contributed by atoms with Crippen molar-refractivity contribution in [2.75, 3.05) is 19.0 Å². The van der Waals surface area contributed by atoms with Gasteiger partial charge in [-0.3, -0.25) is 4.79 Å². The molecule has 0 spiro atoms. The van der Waals surface area contributed by atoms with E-state index in [-0.39, 0.29) is 5.91 Å². The maximum absolute atomic E-state index is 12.0. The zero-order chi connectivity index (χ0) is 14.5. The Hall–Kier alpha value is -1.02. The number of benzene rings is 1. The van der Waals surface area contributed by atoms with Crippen LogP contribution in [-0.2, 0) is 4.79 Å². The number of halogens is 1. The van der Waals surface area contributed by atoms with Crippen LogP contribution in [0.4, 0.5) is 0 Å². The van der Waals surface area contributed by atoms with Crippen molar-refractivity contribution in [2.24, 2.45) is 0 Å². The van der Waals surface area contributed by atoms with Gasteiger partial charge in [-0.05, 0) is 44.6 Å². The van der Waals surface area contributed by atoms with Crippen LogP contribution in [0.5, 0.6) is 0 Å². The van der Waals surface area contributed by atoms with E-state index in [2.05, 4.69) is 32.0 Å². The average Bonchev–Trinajstić information content (AvgIpc) is 2.44. The van der Waals surface area contributed by atoms with Crippen LogP contribution in [0, 0.1) is 13.8 Å². The molecule has 1 saturated heterocycles. The molecule has 0 unspecified atom stereocenters. The molecule has 1 amide bonds. The van der Waals surface area contributed by atoms with Gasteiger partial charge in [0.15, 0.2) is 0 Å². The van der Waals surface area contributed by atoms with Crippen molar-refractivity contribution in [2.45, 2.75) is 45.4 Å². The van der Waals surface area contributed by atoms with E-state index in [1.165, 1.54) is 16.7 Å². The Kier molecular flexibility index (Phi) is 5.47. The van der Waals surface area contributed by atoms with Crippen molar-refractivity contribution in [3.8, 4) is 0 Å². The third kappa shape index (κ3) is 3.99. The summed E-state index contributed by atoms with van der Waals surface area (Å²) in [6.07, 6.45) is 3.54. The van der Waals surface area contributed by atoms with Gasteiger partial charge in [0.1, 0.15) is 0 Å². The molecule has 0 aromatic heterocycles. The minimum Gasteiger partial charge on any atom is -0.343 e. The van der Waals surface area contributed by atoms with Crippen LogP contribution in [0.2, 0.25) is 0 Å². The van der Waals surface area contributed by atoms with Crippen molar-refractivity contribution >= 4 is 17.5 Å². The molecule has 0 radical (unpaired) electrons. The van der Waals surface area contributed by atoms with E-state index in [1.807, 2.05) is 4.90 Å². The van der Waals surface area contributed by atoms with Crippen molar-refractivity contribution in [3.63, 3.8) is 0 Å². The Morgan fingerprint density at radius 3 is 2.35 bits per heavy atom. The number of nitrogens with zero attached hydrogens (tertiary/aromatic N) is 1. The highest BCUT2D eigenvalue weighted by Crippen LogP contribution is 2.29. The number of aryl methyl sites for hydroxylation is 2. The minimum absolute atomic E-state index is 0.268. The van der Waals surface area contributed by atoms with Gasteiger partial charge in [0.25, 0.3) is 0 Å². The molecule has 2 rings (SSSR count). The number of carbonyl (C=O) groups excluding carboxylic acids is 1. The normalized spacial score (nSPS) is 16.4. The van der Waals surface area contributed by atoms with Gasteiger partial charge in [-0.1, -0.05) is 29.3 Å². The summed E-state index contributed by atoms with van der Waals surface area (Å²) < 4.78 is 0. The Morgan fingerprint density at radius 2 is 1.80 bits per heavy atom. The Balaban J connectivity index is 1.92. The molecule has 1 aromatic rings. The first-order chi connectivity index (χ1) is 9.60. The molecular formula is C17H24ClNO. The molecule has 0 N–H and O–H groups in total. The molecule has 3 heteroatoms. The number of amides is 1. The van der Waals surface area contributed by atoms with E-state index in [9.17, 15) is 4.79 Å². The van der Waals surface area contributed by atoms with E-state index in [1.54, 1.807) is 0 Å². The molecule has 110 valence electrons. The van der Waals surface area contributed by atoms with Crippen molar-refractivity contribution < 1.29 is 4.79 Å². The van der Waals surface area contributed by atoms with Crippen LogP contribution in [0.1, 0.15) is 48.3 Å². The smallest absolute Gasteiger partial charge is 0.222 e. The first-order valence-electron chi connectivity index (χ1n) is 7.52. The van der Waals surface area contributed by atoms with Gasteiger partial charge in [-0.25, -0.2) is 0 Å². The number of piperidine rings is 1. The lowest BCUT2D eigenvalue weighted by molar-refractivity contribution is -0.132. The molecule has 0 saturated carbocycles. The monoisotopic (exact) mass is 293 g/mol. The summed E-state index contributed by atoms with van der Waals surface area (Å²) in [5, 5.41) is 0. The van der Waals surface area contributed by atoms with Gasteiger partial charge in [-0.2, -0.15) is 0 Å². The molecule has 1 aromatic carbocycles. The van der Waals surface area contributed by atoms with Crippen molar-refractivity contribution in [3.05, 3.63) is 34.9 Å². The quantitative estimate of drug-likeness (QED) is 0.768. The Bertz CT molecular complexity index is 444. The predicted octanol–water partition coefficient (Wildman–Crippen LogP) is 4.03. The highest BCUT2D eigenvalue weighted by Gasteiger charge is 2.23. The second-order valence-electron chi connectivity index (χ2n) is 5.87. The van der Waals surface area contributed by atoms with Crippen LogP contribution in [0.25, 0.3) is 0 Å². The molecule has 1 heterocycles. The third-order valence-corrected chi connectivity index (χ3v) is 4.35. The highest BCUT2D eigenvalue weighted by molar-refractivity contribution is 6.17. The fraction of sp³-hybridized carbons (Fsp3) is 0.588. The largest absolute Gasteiger partial charge is 0.343 e. The Morgan fingerprint density at radius 1 is 1.20 bits per heavy atom. The summed E-state index contributed by atoms with van der Waals surface area (Å²) in [6, 6.07) is 6.81. The van der Waals surface area contributed by atoms with E-state index in [0.29, 0.717) is 18.2 Å². The first kappa shape index (κ1) is 15.4. The molecule has 20 heavy (non-hydrogen) atoms. The van der Waals surface area contributed by atoms with Gasteiger partial charge in [0.2, 0.25) is 5.91 Å². The van der Waals surface area contributed by atoms with Crippen LogP contribution in [0.15, 0.2) is 18.2 Å². The second-order valence-corrected chi connectivity index (χ2v) is 6.25. The lowest BCUT2D eigenvalue weighted by Gasteiger charge is -2.32. The van der Waals surface area contributed by atoms with Gasteiger partial charge in [0, 0.05) is 25.4 Å². The Labute approximate surface area is 127 Å². The summed E-state index contributed by atoms with van der Waals surface area (Å²) in [5.41, 5.74) is 4.11.